The van der Waals surface area contributed by atoms with Crippen LogP contribution in [0.1, 0.15) is 52.5 Å². The normalized spacial score (nSPS) is 11.5. The number of aromatic nitrogens is 2. The van der Waals surface area contributed by atoms with Gasteiger partial charge >= 0.3 is 0 Å². The zero-order valence-corrected chi connectivity index (χ0v) is 14.9. The van der Waals surface area contributed by atoms with Crippen LogP contribution in [0.5, 0.6) is 0 Å². The van der Waals surface area contributed by atoms with Crippen molar-refractivity contribution in [2.75, 3.05) is 30.0 Å². The molecule has 1 rings (SSSR count). The number of nitrogens with one attached hydrogen (secondary N) is 2. The van der Waals surface area contributed by atoms with Gasteiger partial charge in [-0.25, -0.2) is 9.97 Å². The third-order valence-corrected chi connectivity index (χ3v) is 5.68. The highest BCUT2D eigenvalue weighted by Gasteiger charge is 2.25. The van der Waals surface area contributed by atoms with Crippen molar-refractivity contribution < 1.29 is 0 Å². The van der Waals surface area contributed by atoms with Crippen molar-refractivity contribution in [1.29, 1.82) is 0 Å². The lowest BCUT2D eigenvalue weighted by atomic mass is 10.0. The Bertz CT molecular complexity index is 410. The minimum absolute atomic E-state index is 0.285. The Morgan fingerprint density at radius 3 is 2.14 bits per heavy atom. The maximum Gasteiger partial charge on any atom is 0.134 e. The zero-order chi connectivity index (χ0) is 15.7. The molecule has 0 amide bonds. The van der Waals surface area contributed by atoms with Crippen LogP contribution in [0.25, 0.3) is 0 Å². The molecule has 0 radical (unpaired) electrons. The Hall–Kier alpha value is -0.970. The second kappa shape index (κ2) is 9.13. The van der Waals surface area contributed by atoms with E-state index >= 15 is 0 Å². The van der Waals surface area contributed by atoms with E-state index < -0.39 is 0 Å². The number of anilines is 2. The summed E-state index contributed by atoms with van der Waals surface area (Å²) in [5, 5.41) is 6.92. The molecule has 0 unspecified atom stereocenters. The quantitative estimate of drug-likeness (QED) is 0.678. The third kappa shape index (κ3) is 4.77. The van der Waals surface area contributed by atoms with Gasteiger partial charge in [-0.15, -0.1) is 0 Å². The summed E-state index contributed by atoms with van der Waals surface area (Å²) in [6.45, 7) is 10.6. The standard InChI is InChI=1S/C16H30N4S/c1-6-10-13-14(17-9-4)19-12-20-15(13)18-11-16(7-2,8-3)21-5/h12H,6-11H2,1-5H3,(H2,17,18,19,20). The van der Waals surface area contributed by atoms with Crippen molar-refractivity contribution in [2.45, 2.75) is 58.1 Å². The van der Waals surface area contributed by atoms with Crippen molar-refractivity contribution in [3.8, 4) is 0 Å². The number of hydrogen-bond acceptors (Lipinski definition) is 5. The predicted octanol–water partition coefficient (Wildman–Crippen LogP) is 4.19. The summed E-state index contributed by atoms with van der Waals surface area (Å²) in [7, 11) is 0. The Balaban J connectivity index is 2.93. The van der Waals surface area contributed by atoms with E-state index in [1.54, 1.807) is 6.33 Å². The van der Waals surface area contributed by atoms with Crippen LogP contribution < -0.4 is 10.6 Å². The van der Waals surface area contributed by atoms with Gasteiger partial charge in [-0.05, 0) is 32.4 Å². The summed E-state index contributed by atoms with van der Waals surface area (Å²) in [5.41, 5.74) is 1.21. The third-order valence-electron chi connectivity index (χ3n) is 4.09. The molecule has 0 spiro atoms. The highest BCUT2D eigenvalue weighted by molar-refractivity contribution is 8.00. The van der Waals surface area contributed by atoms with Crippen molar-refractivity contribution in [1.82, 2.24) is 9.97 Å². The van der Waals surface area contributed by atoms with E-state index in [0.29, 0.717) is 0 Å². The molecule has 0 aliphatic carbocycles. The Kier molecular flexibility index (Phi) is 7.86. The summed E-state index contributed by atoms with van der Waals surface area (Å²) >= 11 is 1.95. The van der Waals surface area contributed by atoms with Crippen LogP contribution in [0.15, 0.2) is 6.33 Å². The molecular formula is C16H30N4S. The molecule has 1 aromatic rings. The zero-order valence-electron chi connectivity index (χ0n) is 14.1. The lowest BCUT2D eigenvalue weighted by molar-refractivity contribution is 0.573. The molecule has 0 bridgehead atoms. The fourth-order valence-electron chi connectivity index (χ4n) is 2.48. The molecule has 0 aliphatic rings. The lowest BCUT2D eigenvalue weighted by Crippen LogP contribution is -2.32. The van der Waals surface area contributed by atoms with Gasteiger partial charge in [0.1, 0.15) is 18.0 Å². The van der Waals surface area contributed by atoms with E-state index in [1.807, 2.05) is 11.8 Å². The second-order valence-electron chi connectivity index (χ2n) is 5.28. The molecule has 1 heterocycles. The molecular weight excluding hydrogens is 280 g/mol. The Morgan fingerprint density at radius 1 is 1.05 bits per heavy atom. The van der Waals surface area contributed by atoms with E-state index in [-0.39, 0.29) is 4.75 Å². The molecule has 4 nitrogen and oxygen atoms in total. The monoisotopic (exact) mass is 310 g/mol. The van der Waals surface area contributed by atoms with Crippen LogP contribution in [0.2, 0.25) is 0 Å². The molecule has 0 saturated heterocycles. The number of hydrogen-bond donors (Lipinski definition) is 2. The first-order valence-electron chi connectivity index (χ1n) is 8.03. The van der Waals surface area contributed by atoms with Crippen LogP contribution in [0, 0.1) is 0 Å². The van der Waals surface area contributed by atoms with Crippen molar-refractivity contribution in [3.05, 3.63) is 11.9 Å². The smallest absolute Gasteiger partial charge is 0.134 e. The first-order valence-corrected chi connectivity index (χ1v) is 9.25. The maximum absolute atomic E-state index is 4.47. The fourth-order valence-corrected chi connectivity index (χ4v) is 3.27. The molecule has 0 saturated carbocycles. The minimum Gasteiger partial charge on any atom is -0.370 e. The van der Waals surface area contributed by atoms with Crippen LogP contribution in [0.3, 0.4) is 0 Å². The van der Waals surface area contributed by atoms with Crippen LogP contribution in [0.4, 0.5) is 11.6 Å². The Morgan fingerprint density at radius 2 is 1.67 bits per heavy atom. The molecule has 2 N–H and O–H groups in total. The predicted molar refractivity (Wildman–Crippen MR) is 95.5 cm³/mol. The average Bonchev–Trinajstić information content (AvgIpc) is 2.52. The van der Waals surface area contributed by atoms with E-state index in [9.17, 15) is 0 Å². The first-order chi connectivity index (χ1) is 10.2. The highest BCUT2D eigenvalue weighted by atomic mass is 32.2. The van der Waals surface area contributed by atoms with Crippen molar-refractivity contribution >= 4 is 23.4 Å². The molecule has 5 heteroatoms. The summed E-state index contributed by atoms with van der Waals surface area (Å²) in [4.78, 5) is 8.86. The van der Waals surface area contributed by atoms with Crippen molar-refractivity contribution in [2.24, 2.45) is 0 Å². The number of thioether (sulfide) groups is 1. The number of rotatable bonds is 10. The largest absolute Gasteiger partial charge is 0.370 e. The minimum atomic E-state index is 0.285. The maximum atomic E-state index is 4.47. The van der Waals surface area contributed by atoms with Gasteiger partial charge in [-0.1, -0.05) is 27.2 Å². The van der Waals surface area contributed by atoms with Gasteiger partial charge in [0.25, 0.3) is 0 Å². The SMILES string of the molecule is CCCc1c(NCC)ncnc1NCC(CC)(CC)SC. The summed E-state index contributed by atoms with van der Waals surface area (Å²) < 4.78 is 0.285. The van der Waals surface area contributed by atoms with Gasteiger partial charge in [-0.3, -0.25) is 0 Å². The molecule has 1 aromatic heterocycles. The highest BCUT2D eigenvalue weighted by Crippen LogP contribution is 2.31. The molecule has 120 valence electrons. The van der Waals surface area contributed by atoms with E-state index in [1.165, 1.54) is 5.56 Å². The van der Waals surface area contributed by atoms with Gasteiger partial charge in [0, 0.05) is 23.4 Å². The molecule has 21 heavy (non-hydrogen) atoms. The molecule has 0 atom stereocenters. The average molecular weight is 311 g/mol. The van der Waals surface area contributed by atoms with E-state index in [2.05, 4.69) is 54.6 Å². The van der Waals surface area contributed by atoms with Gasteiger partial charge in [0.2, 0.25) is 0 Å². The van der Waals surface area contributed by atoms with Crippen molar-refractivity contribution in [3.63, 3.8) is 0 Å². The van der Waals surface area contributed by atoms with Gasteiger partial charge < -0.3 is 10.6 Å². The first kappa shape index (κ1) is 18.1. The second-order valence-corrected chi connectivity index (χ2v) is 6.55. The molecule has 0 fully saturated rings. The summed E-state index contributed by atoms with van der Waals surface area (Å²) in [6.07, 6.45) is 8.26. The molecule has 0 aromatic carbocycles. The Labute approximate surface area is 133 Å². The lowest BCUT2D eigenvalue weighted by Gasteiger charge is -2.30. The van der Waals surface area contributed by atoms with E-state index in [0.717, 1.165) is 50.4 Å². The topological polar surface area (TPSA) is 49.8 Å². The summed E-state index contributed by atoms with van der Waals surface area (Å²) in [6, 6.07) is 0. The number of nitrogens with zero attached hydrogens (tertiary/aromatic N) is 2. The van der Waals surface area contributed by atoms with Crippen LogP contribution >= 0.6 is 11.8 Å². The van der Waals surface area contributed by atoms with Crippen LogP contribution in [-0.2, 0) is 6.42 Å². The summed E-state index contributed by atoms with van der Waals surface area (Å²) in [5.74, 6) is 1.96. The van der Waals surface area contributed by atoms with E-state index in [4.69, 9.17) is 0 Å². The van der Waals surface area contributed by atoms with Gasteiger partial charge in [0.05, 0.1) is 0 Å². The fraction of sp³-hybridized carbons (Fsp3) is 0.750. The molecule has 0 aliphatic heterocycles. The van der Waals surface area contributed by atoms with Gasteiger partial charge in [-0.2, -0.15) is 11.8 Å². The van der Waals surface area contributed by atoms with Crippen LogP contribution in [-0.4, -0.2) is 34.1 Å². The van der Waals surface area contributed by atoms with Gasteiger partial charge in [0.15, 0.2) is 0 Å².